The molecular formula is C16H16FN5O6. The fourth-order valence-electron chi connectivity index (χ4n) is 2.93. The lowest BCUT2D eigenvalue weighted by Crippen LogP contribution is -2.53. The van der Waals surface area contributed by atoms with Gasteiger partial charge in [-0.2, -0.15) is 5.16 Å². The lowest BCUT2D eigenvalue weighted by atomic mass is 9.81. The summed E-state index contributed by atoms with van der Waals surface area (Å²) in [7, 11) is 0. The van der Waals surface area contributed by atoms with Gasteiger partial charge in [0.25, 0.3) is 17.4 Å². The molecule has 2 aliphatic heterocycles. The first-order valence-electron chi connectivity index (χ1n) is 8.02. The predicted molar refractivity (Wildman–Crippen MR) is 90.2 cm³/mol. The molecule has 0 saturated carbocycles. The zero-order valence-electron chi connectivity index (χ0n) is 14.3. The fourth-order valence-corrected chi connectivity index (χ4v) is 2.93. The zero-order valence-corrected chi connectivity index (χ0v) is 14.3. The van der Waals surface area contributed by atoms with Crippen LogP contribution < -0.4 is 32.4 Å². The first-order valence-corrected chi connectivity index (χ1v) is 8.02. The van der Waals surface area contributed by atoms with Gasteiger partial charge in [0.1, 0.15) is 11.6 Å². The highest BCUT2D eigenvalue weighted by molar-refractivity contribution is 6.08. The summed E-state index contributed by atoms with van der Waals surface area (Å²) in [4.78, 5) is 45.1. The molecule has 1 saturated heterocycles. The average Bonchev–Trinajstić information content (AvgIpc) is 3.19. The predicted octanol–water partition coefficient (Wildman–Crippen LogP) is -1.08. The third kappa shape index (κ3) is 3.44. The van der Waals surface area contributed by atoms with E-state index >= 15 is 0 Å². The van der Waals surface area contributed by atoms with Gasteiger partial charge in [-0.25, -0.2) is 9.18 Å². The van der Waals surface area contributed by atoms with Gasteiger partial charge in [-0.05, 0) is 18.2 Å². The van der Waals surface area contributed by atoms with Gasteiger partial charge in [0, 0.05) is 18.1 Å². The molecule has 0 unspecified atom stereocenters. The zero-order chi connectivity index (χ0) is 20.5. The Balaban J connectivity index is 0.000000236. The summed E-state index contributed by atoms with van der Waals surface area (Å²) in [6.45, 7) is 0.263. The quantitative estimate of drug-likeness (QED) is 0.402. The number of halogens is 1. The number of imide groups is 1. The molecular weight excluding hydrogens is 377 g/mol. The molecule has 1 fully saturated rings. The number of aromatic amines is 1. The van der Waals surface area contributed by atoms with Gasteiger partial charge in [-0.1, -0.05) is 0 Å². The molecule has 148 valence electrons. The van der Waals surface area contributed by atoms with Crippen molar-refractivity contribution in [3.63, 3.8) is 0 Å². The van der Waals surface area contributed by atoms with Crippen molar-refractivity contribution in [2.75, 3.05) is 0 Å². The van der Waals surface area contributed by atoms with Crippen molar-refractivity contribution in [3.05, 3.63) is 51.8 Å². The Labute approximate surface area is 156 Å². The summed E-state index contributed by atoms with van der Waals surface area (Å²) in [5.74, 6) is -1.40. The first-order chi connectivity index (χ1) is 13.2. The number of urea groups is 1. The van der Waals surface area contributed by atoms with E-state index in [0.717, 1.165) is 12.1 Å². The van der Waals surface area contributed by atoms with Gasteiger partial charge in [0.15, 0.2) is 17.4 Å². The van der Waals surface area contributed by atoms with E-state index in [1.807, 2.05) is 0 Å². The topological polar surface area (TPSA) is 183 Å². The standard InChI is InChI=1S/C12H10FN3O4.C4H6N2O2/c13-5-1-2-7-6(3-5)12(4-8(20-7)9(14)17)10(18)15-11(19)16-12;5-2-3-1-4(7)6-8-3/h1-3,8H,4H2,(H2,14,17)(H2,15,16,18,19);1H,2,5H2,(H,6,7)/t8-,12-;/m0./s1. The lowest BCUT2D eigenvalue weighted by Gasteiger charge is -2.36. The van der Waals surface area contributed by atoms with E-state index < -0.39 is 35.3 Å². The number of aromatic nitrogens is 1. The number of carbonyl (C=O) groups is 3. The number of rotatable bonds is 2. The van der Waals surface area contributed by atoms with E-state index in [1.165, 1.54) is 12.1 Å². The minimum Gasteiger partial charge on any atom is -0.480 e. The number of hydrogen-bond acceptors (Lipinski definition) is 7. The Bertz CT molecular complexity index is 1000. The maximum absolute atomic E-state index is 13.4. The van der Waals surface area contributed by atoms with E-state index in [4.69, 9.17) is 16.2 Å². The number of primary amides is 1. The van der Waals surface area contributed by atoms with Crippen molar-refractivity contribution in [2.24, 2.45) is 11.5 Å². The van der Waals surface area contributed by atoms with Gasteiger partial charge < -0.3 is 26.0 Å². The number of ether oxygens (including phenoxy) is 1. The number of carbonyl (C=O) groups excluding carboxylic acids is 3. The number of nitrogens with one attached hydrogen (secondary N) is 3. The van der Waals surface area contributed by atoms with Crippen molar-refractivity contribution < 1.29 is 28.0 Å². The van der Waals surface area contributed by atoms with Gasteiger partial charge in [-0.3, -0.25) is 19.7 Å². The SMILES string of the molecule is NC(=O)[C@@H]1C[C@]2(NC(=O)NC2=O)c2cc(F)ccc2O1.NCc1cc(=O)[nH]o1. The average molecular weight is 393 g/mol. The normalized spacial score (nSPS) is 22.4. The molecule has 1 spiro atoms. The minimum atomic E-state index is -1.54. The van der Waals surface area contributed by atoms with Crippen LogP contribution in [0.15, 0.2) is 33.6 Å². The number of H-pyrrole nitrogens is 1. The highest BCUT2D eigenvalue weighted by Gasteiger charge is 2.54. The van der Waals surface area contributed by atoms with Crippen LogP contribution in [-0.4, -0.2) is 29.1 Å². The summed E-state index contributed by atoms with van der Waals surface area (Å²) in [5.41, 5.74) is 8.70. The van der Waals surface area contributed by atoms with Crippen LogP contribution in [-0.2, 0) is 21.7 Å². The summed E-state index contributed by atoms with van der Waals surface area (Å²) in [5, 5.41) is 6.62. The van der Waals surface area contributed by atoms with Crippen molar-refractivity contribution in [1.82, 2.24) is 15.8 Å². The number of benzene rings is 1. The molecule has 4 rings (SSSR count). The number of nitrogens with two attached hydrogens (primary N) is 2. The summed E-state index contributed by atoms with van der Waals surface area (Å²) >= 11 is 0. The van der Waals surface area contributed by atoms with Crippen LogP contribution in [0.3, 0.4) is 0 Å². The van der Waals surface area contributed by atoms with E-state index in [-0.39, 0.29) is 29.8 Å². The van der Waals surface area contributed by atoms with Crippen LogP contribution in [0.4, 0.5) is 9.18 Å². The molecule has 0 bridgehead atoms. The first kappa shape index (κ1) is 19.1. The maximum atomic E-state index is 13.4. The Kier molecular flexibility index (Phi) is 4.88. The van der Waals surface area contributed by atoms with Crippen molar-refractivity contribution >= 4 is 17.8 Å². The Morgan fingerprint density at radius 3 is 2.54 bits per heavy atom. The maximum Gasteiger partial charge on any atom is 0.322 e. The van der Waals surface area contributed by atoms with E-state index in [0.29, 0.717) is 5.76 Å². The van der Waals surface area contributed by atoms with E-state index in [9.17, 15) is 23.6 Å². The number of fused-ring (bicyclic) bond motifs is 2. The van der Waals surface area contributed by atoms with Gasteiger partial charge in [0.05, 0.1) is 6.54 Å². The molecule has 0 aliphatic carbocycles. The third-order valence-corrected chi connectivity index (χ3v) is 4.20. The second-order valence-electron chi connectivity index (χ2n) is 6.05. The number of amides is 4. The summed E-state index contributed by atoms with van der Waals surface area (Å²) in [6.07, 6.45) is -1.27. The molecule has 7 N–H and O–H groups in total. The molecule has 12 heteroatoms. The molecule has 28 heavy (non-hydrogen) atoms. The van der Waals surface area contributed by atoms with Crippen LogP contribution >= 0.6 is 0 Å². The van der Waals surface area contributed by atoms with Gasteiger partial charge in [0.2, 0.25) is 0 Å². The highest BCUT2D eigenvalue weighted by atomic mass is 19.1. The van der Waals surface area contributed by atoms with E-state index in [2.05, 4.69) is 20.3 Å². The second-order valence-corrected chi connectivity index (χ2v) is 6.05. The van der Waals surface area contributed by atoms with Crippen molar-refractivity contribution in [1.29, 1.82) is 0 Å². The molecule has 2 aliphatic rings. The molecule has 1 aromatic heterocycles. The molecule has 2 atom stereocenters. The van der Waals surface area contributed by atoms with Crippen LogP contribution in [0.2, 0.25) is 0 Å². The molecule has 1 aromatic carbocycles. The largest absolute Gasteiger partial charge is 0.480 e. The van der Waals surface area contributed by atoms with Gasteiger partial charge >= 0.3 is 6.03 Å². The minimum absolute atomic E-state index is 0.138. The van der Waals surface area contributed by atoms with Crippen LogP contribution in [0.5, 0.6) is 5.75 Å². The molecule has 3 heterocycles. The lowest BCUT2D eigenvalue weighted by molar-refractivity contribution is -0.130. The smallest absolute Gasteiger partial charge is 0.322 e. The van der Waals surface area contributed by atoms with E-state index in [1.54, 1.807) is 0 Å². The van der Waals surface area contributed by atoms with Crippen molar-refractivity contribution in [2.45, 2.75) is 24.6 Å². The third-order valence-electron chi connectivity index (χ3n) is 4.20. The van der Waals surface area contributed by atoms with Gasteiger partial charge in [-0.15, -0.1) is 0 Å². The molecule has 11 nitrogen and oxygen atoms in total. The fraction of sp³-hybridized carbons (Fsp3) is 0.250. The Morgan fingerprint density at radius 2 is 2.04 bits per heavy atom. The van der Waals surface area contributed by atoms with Crippen LogP contribution in [0.1, 0.15) is 17.7 Å². The molecule has 4 amide bonds. The van der Waals surface area contributed by atoms with Crippen LogP contribution in [0.25, 0.3) is 0 Å². The number of hydrogen-bond donors (Lipinski definition) is 5. The Hall–Kier alpha value is -3.67. The molecule has 2 aromatic rings. The molecule has 0 radical (unpaired) electrons. The second kappa shape index (κ2) is 7.15. The monoisotopic (exact) mass is 393 g/mol. The summed E-state index contributed by atoms with van der Waals surface area (Å²) < 4.78 is 23.3. The highest BCUT2D eigenvalue weighted by Crippen LogP contribution is 2.41. The van der Waals surface area contributed by atoms with Crippen molar-refractivity contribution in [3.8, 4) is 5.75 Å². The summed E-state index contributed by atoms with van der Waals surface area (Å²) in [6, 6.07) is 4.12. The Morgan fingerprint density at radius 1 is 1.29 bits per heavy atom. The van der Waals surface area contributed by atoms with Crippen LogP contribution in [0, 0.1) is 5.82 Å².